The SMILES string of the molecule is C[C@@H](NC(=O)/C(C#N)=C\c1cc([N+](=O)[O-])ccc1O)c1ccccc1. The smallest absolute Gasteiger partial charge is 0.270 e. The van der Waals surface area contributed by atoms with Gasteiger partial charge in [-0.05, 0) is 24.6 Å². The van der Waals surface area contributed by atoms with Crippen LogP contribution in [0.3, 0.4) is 0 Å². The molecule has 2 aromatic carbocycles. The van der Waals surface area contributed by atoms with Crippen LogP contribution in [0, 0.1) is 21.4 Å². The van der Waals surface area contributed by atoms with E-state index in [-0.39, 0.29) is 28.6 Å². The summed E-state index contributed by atoms with van der Waals surface area (Å²) in [7, 11) is 0. The molecule has 0 aliphatic rings. The minimum atomic E-state index is -0.634. The van der Waals surface area contributed by atoms with E-state index in [4.69, 9.17) is 0 Å². The van der Waals surface area contributed by atoms with Gasteiger partial charge in [0.15, 0.2) is 0 Å². The minimum Gasteiger partial charge on any atom is -0.507 e. The first kappa shape index (κ1) is 17.7. The van der Waals surface area contributed by atoms with Crippen molar-refractivity contribution in [3.8, 4) is 11.8 Å². The third kappa shape index (κ3) is 4.42. The first-order chi connectivity index (χ1) is 11.9. The first-order valence-corrected chi connectivity index (χ1v) is 7.37. The Morgan fingerprint density at radius 2 is 2.00 bits per heavy atom. The lowest BCUT2D eigenvalue weighted by Gasteiger charge is -2.13. The molecule has 0 bridgehead atoms. The molecule has 0 saturated carbocycles. The number of aromatic hydroxyl groups is 1. The van der Waals surface area contributed by atoms with Gasteiger partial charge in [-0.3, -0.25) is 14.9 Å². The van der Waals surface area contributed by atoms with E-state index in [0.717, 1.165) is 29.8 Å². The van der Waals surface area contributed by atoms with Crippen LogP contribution in [0.25, 0.3) is 6.08 Å². The number of carbonyl (C=O) groups excluding carboxylic acids is 1. The molecule has 1 amide bonds. The van der Waals surface area contributed by atoms with Crippen LogP contribution in [-0.2, 0) is 4.79 Å². The normalized spacial score (nSPS) is 12.1. The summed E-state index contributed by atoms with van der Waals surface area (Å²) in [5, 5.41) is 32.5. The topological polar surface area (TPSA) is 116 Å². The van der Waals surface area contributed by atoms with Gasteiger partial charge >= 0.3 is 0 Å². The average Bonchev–Trinajstić information content (AvgIpc) is 2.61. The number of nitro groups is 1. The molecule has 25 heavy (non-hydrogen) atoms. The maximum atomic E-state index is 12.3. The fourth-order valence-electron chi connectivity index (χ4n) is 2.17. The fraction of sp³-hybridized carbons (Fsp3) is 0.111. The van der Waals surface area contributed by atoms with Crippen molar-refractivity contribution in [1.82, 2.24) is 5.32 Å². The average molecular weight is 337 g/mol. The van der Waals surface area contributed by atoms with E-state index in [0.29, 0.717) is 0 Å². The lowest BCUT2D eigenvalue weighted by molar-refractivity contribution is -0.384. The summed E-state index contributed by atoms with van der Waals surface area (Å²) in [4.78, 5) is 22.5. The summed E-state index contributed by atoms with van der Waals surface area (Å²) in [6.07, 6.45) is 1.12. The third-order valence-electron chi connectivity index (χ3n) is 3.53. The molecular formula is C18H15N3O4. The van der Waals surface area contributed by atoms with Crippen LogP contribution in [-0.4, -0.2) is 15.9 Å². The zero-order valence-electron chi connectivity index (χ0n) is 13.3. The molecule has 0 spiro atoms. The second kappa shape index (κ2) is 7.75. The van der Waals surface area contributed by atoms with Crippen LogP contribution < -0.4 is 5.32 Å². The summed E-state index contributed by atoms with van der Waals surface area (Å²) in [5.74, 6) is -0.896. The molecule has 0 fully saturated rings. The molecule has 0 unspecified atom stereocenters. The molecule has 0 saturated heterocycles. The van der Waals surface area contributed by atoms with Crippen molar-refractivity contribution in [3.05, 3.63) is 75.3 Å². The van der Waals surface area contributed by atoms with E-state index in [9.17, 15) is 25.3 Å². The molecule has 1 atom stereocenters. The third-order valence-corrected chi connectivity index (χ3v) is 3.53. The highest BCUT2D eigenvalue weighted by molar-refractivity contribution is 6.02. The number of hydrogen-bond acceptors (Lipinski definition) is 5. The van der Waals surface area contributed by atoms with E-state index in [1.54, 1.807) is 13.0 Å². The fourth-order valence-corrected chi connectivity index (χ4v) is 2.17. The molecule has 0 heterocycles. The van der Waals surface area contributed by atoms with Crippen LogP contribution in [0.1, 0.15) is 24.1 Å². The predicted octanol–water partition coefficient (Wildman–Crippen LogP) is 3.08. The Morgan fingerprint density at radius 3 is 2.60 bits per heavy atom. The van der Waals surface area contributed by atoms with Crippen molar-refractivity contribution in [3.63, 3.8) is 0 Å². The van der Waals surface area contributed by atoms with Crippen molar-refractivity contribution in [1.29, 1.82) is 5.26 Å². The summed E-state index contributed by atoms with van der Waals surface area (Å²) in [6, 6.07) is 14.0. The second-order valence-corrected chi connectivity index (χ2v) is 5.28. The van der Waals surface area contributed by atoms with E-state index in [2.05, 4.69) is 5.32 Å². The van der Waals surface area contributed by atoms with Crippen molar-refractivity contribution >= 4 is 17.7 Å². The quantitative estimate of drug-likeness (QED) is 0.376. The number of carbonyl (C=O) groups is 1. The van der Waals surface area contributed by atoms with Gasteiger partial charge in [-0.1, -0.05) is 30.3 Å². The van der Waals surface area contributed by atoms with Crippen LogP contribution >= 0.6 is 0 Å². The Hall–Kier alpha value is -3.66. The number of rotatable bonds is 5. The van der Waals surface area contributed by atoms with Gasteiger partial charge in [0.2, 0.25) is 0 Å². The van der Waals surface area contributed by atoms with Gasteiger partial charge in [-0.2, -0.15) is 5.26 Å². The number of phenols is 1. The van der Waals surface area contributed by atoms with Gasteiger partial charge in [0.1, 0.15) is 17.4 Å². The van der Waals surface area contributed by atoms with Crippen LogP contribution in [0.5, 0.6) is 5.75 Å². The summed E-state index contributed by atoms with van der Waals surface area (Å²) in [5.41, 5.74) is 0.373. The standard InChI is InChI=1S/C18H15N3O4/c1-12(13-5-3-2-4-6-13)20-18(23)15(11-19)9-14-10-16(21(24)25)7-8-17(14)22/h2-10,12,22H,1H3,(H,20,23)/b15-9-/t12-/m1/s1. The van der Waals surface area contributed by atoms with Crippen LogP contribution in [0.15, 0.2) is 54.1 Å². The van der Waals surface area contributed by atoms with Gasteiger partial charge in [-0.25, -0.2) is 0 Å². The number of nitrogens with zero attached hydrogens (tertiary/aromatic N) is 2. The van der Waals surface area contributed by atoms with E-state index in [1.165, 1.54) is 0 Å². The Morgan fingerprint density at radius 1 is 1.32 bits per heavy atom. The predicted molar refractivity (Wildman–Crippen MR) is 91.4 cm³/mol. The number of nitriles is 1. The van der Waals surface area contributed by atoms with Gasteiger partial charge in [0.05, 0.1) is 11.0 Å². The molecule has 7 nitrogen and oxygen atoms in total. The Bertz CT molecular complexity index is 870. The minimum absolute atomic E-state index is 0.0215. The Balaban J connectivity index is 2.26. The lowest BCUT2D eigenvalue weighted by Crippen LogP contribution is -2.27. The molecule has 0 radical (unpaired) electrons. The van der Waals surface area contributed by atoms with Gasteiger partial charge in [0.25, 0.3) is 11.6 Å². The van der Waals surface area contributed by atoms with Crippen molar-refractivity contribution in [2.24, 2.45) is 0 Å². The zero-order chi connectivity index (χ0) is 18.4. The second-order valence-electron chi connectivity index (χ2n) is 5.28. The van der Waals surface area contributed by atoms with Crippen LogP contribution in [0.2, 0.25) is 0 Å². The number of non-ortho nitro benzene ring substituents is 1. The molecule has 0 aromatic heterocycles. The summed E-state index contributed by atoms with van der Waals surface area (Å²) < 4.78 is 0. The van der Waals surface area contributed by atoms with Gasteiger partial charge in [0, 0.05) is 17.7 Å². The van der Waals surface area contributed by atoms with E-state index in [1.807, 2.05) is 30.3 Å². The number of nitro benzene ring substituents is 1. The maximum Gasteiger partial charge on any atom is 0.270 e. The molecule has 2 N–H and O–H groups in total. The van der Waals surface area contributed by atoms with Gasteiger partial charge < -0.3 is 10.4 Å². The lowest BCUT2D eigenvalue weighted by atomic mass is 10.1. The zero-order valence-corrected chi connectivity index (χ0v) is 13.3. The highest BCUT2D eigenvalue weighted by Crippen LogP contribution is 2.25. The van der Waals surface area contributed by atoms with Gasteiger partial charge in [-0.15, -0.1) is 0 Å². The Labute approximate surface area is 144 Å². The van der Waals surface area contributed by atoms with Crippen LogP contribution in [0.4, 0.5) is 5.69 Å². The monoisotopic (exact) mass is 337 g/mol. The maximum absolute atomic E-state index is 12.3. The van der Waals surface area contributed by atoms with Crippen molar-refractivity contribution in [2.75, 3.05) is 0 Å². The molecular weight excluding hydrogens is 322 g/mol. The number of hydrogen-bond donors (Lipinski definition) is 2. The van der Waals surface area contributed by atoms with E-state index >= 15 is 0 Å². The number of benzene rings is 2. The molecule has 126 valence electrons. The van der Waals surface area contributed by atoms with E-state index < -0.39 is 10.8 Å². The molecule has 2 rings (SSSR count). The highest BCUT2D eigenvalue weighted by Gasteiger charge is 2.16. The van der Waals surface area contributed by atoms with Crippen molar-refractivity contribution in [2.45, 2.75) is 13.0 Å². The summed E-state index contributed by atoms with van der Waals surface area (Å²) in [6.45, 7) is 1.77. The Kier molecular flexibility index (Phi) is 5.48. The number of phenolic OH excluding ortho intramolecular Hbond substituents is 1. The summed E-state index contributed by atoms with van der Waals surface area (Å²) >= 11 is 0. The molecule has 0 aliphatic carbocycles. The molecule has 2 aromatic rings. The number of nitrogens with one attached hydrogen (secondary N) is 1. The highest BCUT2D eigenvalue weighted by atomic mass is 16.6. The molecule has 0 aliphatic heterocycles. The first-order valence-electron chi connectivity index (χ1n) is 7.37. The number of amides is 1. The largest absolute Gasteiger partial charge is 0.507 e. The molecule has 7 heteroatoms. The van der Waals surface area contributed by atoms with Crippen molar-refractivity contribution < 1.29 is 14.8 Å².